The Hall–Kier alpha value is -4.26. The zero-order chi connectivity index (χ0) is 20.3. The Balaban J connectivity index is 1.32. The molecule has 0 aliphatic carbocycles. The van der Waals surface area contributed by atoms with Gasteiger partial charge in [0.25, 0.3) is 0 Å². The van der Waals surface area contributed by atoms with E-state index >= 15 is 0 Å². The van der Waals surface area contributed by atoms with E-state index in [0.29, 0.717) is 16.7 Å². The summed E-state index contributed by atoms with van der Waals surface area (Å²) in [6.07, 6.45) is 5.09. The van der Waals surface area contributed by atoms with Crippen LogP contribution in [0.3, 0.4) is 0 Å². The van der Waals surface area contributed by atoms with Gasteiger partial charge < -0.3 is 9.84 Å². The van der Waals surface area contributed by atoms with E-state index in [1.807, 2.05) is 59.4 Å². The summed E-state index contributed by atoms with van der Waals surface area (Å²) in [4.78, 5) is 12.3. The Morgan fingerprint density at radius 2 is 1.73 bits per heavy atom. The van der Waals surface area contributed by atoms with E-state index in [-0.39, 0.29) is 11.9 Å². The highest BCUT2D eigenvalue weighted by atomic mass is 16.5. The van der Waals surface area contributed by atoms with Crippen LogP contribution in [0.1, 0.15) is 5.56 Å². The molecule has 0 fully saturated rings. The van der Waals surface area contributed by atoms with Crippen LogP contribution in [-0.2, 0) is 6.54 Å². The van der Waals surface area contributed by atoms with Gasteiger partial charge in [0.2, 0.25) is 5.88 Å². The van der Waals surface area contributed by atoms with Crippen LogP contribution < -0.4 is 4.74 Å². The number of rotatable bonds is 5. The number of hydrogen-bond acceptors (Lipinski definition) is 6. The fraction of sp³-hybridized carbons (Fsp3) is 0.0435. The highest BCUT2D eigenvalue weighted by molar-refractivity contribution is 5.82. The first-order valence-electron chi connectivity index (χ1n) is 9.41. The largest absolute Gasteiger partial charge is 0.493 e. The molecule has 146 valence electrons. The lowest BCUT2D eigenvalue weighted by atomic mass is 10.1. The average molecular weight is 395 g/mol. The molecule has 5 aromatic rings. The Labute approximate surface area is 172 Å². The predicted octanol–water partition coefficient (Wildman–Crippen LogP) is 4.43. The molecule has 7 heteroatoms. The van der Waals surface area contributed by atoms with Gasteiger partial charge in [0.1, 0.15) is 5.75 Å². The fourth-order valence-electron chi connectivity index (χ4n) is 3.16. The summed E-state index contributed by atoms with van der Waals surface area (Å²) in [5.74, 6) is 0.420. The fourth-order valence-corrected chi connectivity index (χ4v) is 3.16. The van der Waals surface area contributed by atoms with E-state index in [1.54, 1.807) is 18.5 Å². The molecule has 5 rings (SSSR count). The third kappa shape index (κ3) is 3.68. The van der Waals surface area contributed by atoms with Crippen molar-refractivity contribution in [1.82, 2.24) is 24.7 Å². The van der Waals surface area contributed by atoms with Crippen LogP contribution in [0.15, 0.2) is 85.3 Å². The van der Waals surface area contributed by atoms with Gasteiger partial charge in [0.05, 0.1) is 29.3 Å². The first kappa shape index (κ1) is 17.8. The molecule has 7 nitrogen and oxygen atoms in total. The van der Waals surface area contributed by atoms with Gasteiger partial charge in [-0.3, -0.25) is 9.67 Å². The number of aromatic hydroxyl groups is 1. The minimum absolute atomic E-state index is 0.0629. The maximum Gasteiger partial charge on any atom is 0.325 e. The zero-order valence-electron chi connectivity index (χ0n) is 15.9. The van der Waals surface area contributed by atoms with Crippen LogP contribution in [0, 0.1) is 0 Å². The molecule has 0 saturated heterocycles. The minimum Gasteiger partial charge on any atom is -0.493 e. The minimum atomic E-state index is -0.141. The van der Waals surface area contributed by atoms with Crippen molar-refractivity contribution in [3.8, 4) is 28.9 Å². The van der Waals surface area contributed by atoms with Crippen molar-refractivity contribution in [3.05, 3.63) is 90.9 Å². The quantitative estimate of drug-likeness (QED) is 0.474. The molecule has 3 heterocycles. The lowest BCUT2D eigenvalue weighted by Crippen LogP contribution is -2.00. The number of pyridine rings is 1. The molecule has 0 saturated carbocycles. The number of aromatic nitrogens is 5. The van der Waals surface area contributed by atoms with Crippen molar-refractivity contribution in [3.63, 3.8) is 0 Å². The molecule has 0 aliphatic rings. The van der Waals surface area contributed by atoms with Crippen molar-refractivity contribution in [2.45, 2.75) is 6.54 Å². The van der Waals surface area contributed by atoms with Gasteiger partial charge in [-0.25, -0.2) is 0 Å². The van der Waals surface area contributed by atoms with Gasteiger partial charge in [0, 0.05) is 18.0 Å². The maximum absolute atomic E-state index is 10.1. The van der Waals surface area contributed by atoms with Crippen LogP contribution in [0.4, 0.5) is 0 Å². The van der Waals surface area contributed by atoms with E-state index in [1.165, 1.54) is 5.56 Å². The lowest BCUT2D eigenvalue weighted by molar-refractivity contribution is 0.412. The van der Waals surface area contributed by atoms with Gasteiger partial charge in [-0.15, -0.1) is 0 Å². The van der Waals surface area contributed by atoms with Gasteiger partial charge in [-0.05, 0) is 42.0 Å². The molecule has 0 radical (unpaired) electrons. The van der Waals surface area contributed by atoms with Crippen molar-refractivity contribution in [2.24, 2.45) is 0 Å². The summed E-state index contributed by atoms with van der Waals surface area (Å²) in [6.45, 7) is 0.722. The van der Waals surface area contributed by atoms with Crippen LogP contribution in [0.25, 0.3) is 22.2 Å². The second kappa shape index (κ2) is 7.63. The molecule has 2 aromatic carbocycles. The first-order chi connectivity index (χ1) is 14.7. The normalized spacial score (nSPS) is 10.9. The molecule has 0 spiro atoms. The van der Waals surface area contributed by atoms with Crippen molar-refractivity contribution in [1.29, 1.82) is 0 Å². The number of nitrogens with zero attached hydrogens (tertiary/aromatic N) is 5. The van der Waals surface area contributed by atoms with Crippen LogP contribution in [-0.4, -0.2) is 29.8 Å². The van der Waals surface area contributed by atoms with E-state index in [2.05, 4.69) is 32.2 Å². The Bertz CT molecular complexity index is 1300. The third-order valence-corrected chi connectivity index (χ3v) is 4.65. The topological polar surface area (TPSA) is 86.0 Å². The summed E-state index contributed by atoms with van der Waals surface area (Å²) in [5.41, 5.74) is 3.56. The highest BCUT2D eigenvalue weighted by Crippen LogP contribution is 2.27. The standard InChI is InChI=1S/C23H17N5O2/c29-22-19-10-12-24-14-21(19)25-23(26-22)30-18-8-6-17(7-9-18)20-11-13-28(27-20)15-16-4-2-1-3-5-16/h1-14H,15H2,(H,25,26,29). The molecule has 30 heavy (non-hydrogen) atoms. The number of fused-ring (bicyclic) bond motifs is 1. The molecule has 0 aliphatic heterocycles. The molecule has 1 N–H and O–H groups in total. The summed E-state index contributed by atoms with van der Waals surface area (Å²) < 4.78 is 7.62. The van der Waals surface area contributed by atoms with Crippen molar-refractivity contribution >= 4 is 10.9 Å². The summed E-state index contributed by atoms with van der Waals surface area (Å²) in [6, 6.07) is 21.4. The smallest absolute Gasteiger partial charge is 0.325 e. The van der Waals surface area contributed by atoms with Gasteiger partial charge >= 0.3 is 6.01 Å². The molecule has 0 unspecified atom stereocenters. The van der Waals surface area contributed by atoms with Crippen molar-refractivity contribution < 1.29 is 9.84 Å². The summed E-state index contributed by atoms with van der Waals surface area (Å²) >= 11 is 0. The van der Waals surface area contributed by atoms with Crippen LogP contribution >= 0.6 is 0 Å². The highest BCUT2D eigenvalue weighted by Gasteiger charge is 2.09. The van der Waals surface area contributed by atoms with Gasteiger partial charge in [0.15, 0.2) is 0 Å². The van der Waals surface area contributed by atoms with Crippen molar-refractivity contribution in [2.75, 3.05) is 0 Å². The van der Waals surface area contributed by atoms with E-state index in [4.69, 9.17) is 4.74 Å². The summed E-state index contributed by atoms with van der Waals surface area (Å²) in [5, 5.41) is 15.2. The monoisotopic (exact) mass is 395 g/mol. The summed E-state index contributed by atoms with van der Waals surface area (Å²) in [7, 11) is 0. The van der Waals surface area contributed by atoms with E-state index in [0.717, 1.165) is 17.8 Å². The molecule has 0 bridgehead atoms. The number of benzene rings is 2. The van der Waals surface area contributed by atoms with Crippen LogP contribution in [0.2, 0.25) is 0 Å². The molecule has 3 aromatic heterocycles. The second-order valence-electron chi connectivity index (χ2n) is 6.73. The molecule has 0 amide bonds. The predicted molar refractivity (Wildman–Crippen MR) is 112 cm³/mol. The van der Waals surface area contributed by atoms with E-state index < -0.39 is 0 Å². The second-order valence-corrected chi connectivity index (χ2v) is 6.73. The molecular formula is C23H17N5O2. The van der Waals surface area contributed by atoms with E-state index in [9.17, 15) is 5.11 Å². The molecular weight excluding hydrogens is 378 g/mol. The molecule has 0 atom stereocenters. The first-order valence-corrected chi connectivity index (χ1v) is 9.41. The third-order valence-electron chi connectivity index (χ3n) is 4.65. The number of hydrogen-bond donors (Lipinski definition) is 1. The maximum atomic E-state index is 10.1. The Morgan fingerprint density at radius 1 is 0.900 bits per heavy atom. The Kier molecular flexibility index (Phi) is 4.53. The lowest BCUT2D eigenvalue weighted by Gasteiger charge is -2.06. The van der Waals surface area contributed by atoms with Gasteiger partial charge in [-0.1, -0.05) is 30.3 Å². The zero-order valence-corrected chi connectivity index (χ0v) is 15.9. The number of ether oxygens (including phenoxy) is 1. The SMILES string of the molecule is Oc1nc(Oc2ccc(-c3ccn(Cc4ccccc4)n3)cc2)nc2cnccc12. The average Bonchev–Trinajstić information content (AvgIpc) is 3.23. The van der Waals surface area contributed by atoms with Gasteiger partial charge in [-0.2, -0.15) is 15.1 Å². The van der Waals surface area contributed by atoms with Crippen LogP contribution in [0.5, 0.6) is 17.6 Å². The Morgan fingerprint density at radius 3 is 2.57 bits per heavy atom.